The van der Waals surface area contributed by atoms with E-state index in [0.29, 0.717) is 29.6 Å². The first-order chi connectivity index (χ1) is 16.9. The second kappa shape index (κ2) is 10.6. The summed E-state index contributed by atoms with van der Waals surface area (Å²) in [5.74, 6) is -0.502. The maximum Gasteiger partial charge on any atom is 0.359 e. The third-order valence-corrected chi connectivity index (χ3v) is 6.07. The van der Waals surface area contributed by atoms with Crippen LogP contribution in [0.3, 0.4) is 0 Å². The van der Waals surface area contributed by atoms with Crippen molar-refractivity contribution in [3.05, 3.63) is 63.7 Å². The van der Waals surface area contributed by atoms with Gasteiger partial charge in [-0.05, 0) is 37.8 Å². The highest BCUT2D eigenvalue weighted by atomic mass is 32.1. The number of amides is 1. The SMILES string of the molecule is CCCN(Cc1nnc(-c2cccs2)o1)C(=O)COC(=O)c1nn(C(C)C)c(=O)c2ccccc12. The molecule has 3 heterocycles. The fourth-order valence-electron chi connectivity index (χ4n) is 3.54. The van der Waals surface area contributed by atoms with Crippen LogP contribution in [0.5, 0.6) is 0 Å². The fraction of sp³-hybridized carbons (Fsp3) is 0.333. The van der Waals surface area contributed by atoms with Gasteiger partial charge >= 0.3 is 5.97 Å². The Balaban J connectivity index is 1.48. The van der Waals surface area contributed by atoms with E-state index in [1.807, 2.05) is 24.4 Å². The molecule has 0 radical (unpaired) electrons. The van der Waals surface area contributed by atoms with Gasteiger partial charge in [0, 0.05) is 11.9 Å². The van der Waals surface area contributed by atoms with Crippen LogP contribution in [-0.4, -0.2) is 49.9 Å². The van der Waals surface area contributed by atoms with E-state index < -0.39 is 18.5 Å². The zero-order valence-corrected chi connectivity index (χ0v) is 20.4. The molecule has 0 aliphatic carbocycles. The van der Waals surface area contributed by atoms with Crippen molar-refractivity contribution in [1.82, 2.24) is 24.9 Å². The molecule has 0 aliphatic rings. The van der Waals surface area contributed by atoms with Crippen molar-refractivity contribution >= 4 is 34.0 Å². The zero-order chi connectivity index (χ0) is 24.9. The molecule has 35 heavy (non-hydrogen) atoms. The number of thiophene rings is 1. The quantitative estimate of drug-likeness (QED) is 0.323. The van der Waals surface area contributed by atoms with Crippen LogP contribution in [0.15, 0.2) is 51.0 Å². The number of aromatic nitrogens is 4. The molecule has 0 N–H and O–H groups in total. The highest BCUT2D eigenvalue weighted by molar-refractivity contribution is 7.13. The van der Waals surface area contributed by atoms with Crippen molar-refractivity contribution < 1.29 is 18.7 Å². The van der Waals surface area contributed by atoms with Gasteiger partial charge in [-0.25, -0.2) is 9.48 Å². The Morgan fingerprint density at radius 2 is 1.91 bits per heavy atom. The Kier molecular flexibility index (Phi) is 7.35. The molecule has 0 saturated heterocycles. The number of hydrogen-bond acceptors (Lipinski definition) is 9. The average molecular weight is 496 g/mol. The summed E-state index contributed by atoms with van der Waals surface area (Å²) in [5.41, 5.74) is -0.306. The number of nitrogens with zero attached hydrogens (tertiary/aromatic N) is 5. The van der Waals surface area contributed by atoms with Crippen molar-refractivity contribution in [2.75, 3.05) is 13.2 Å². The van der Waals surface area contributed by atoms with Crippen molar-refractivity contribution in [3.63, 3.8) is 0 Å². The summed E-state index contributed by atoms with van der Waals surface area (Å²) >= 11 is 1.48. The van der Waals surface area contributed by atoms with Crippen LogP contribution < -0.4 is 5.56 Å². The lowest BCUT2D eigenvalue weighted by Crippen LogP contribution is -2.35. The van der Waals surface area contributed by atoms with E-state index >= 15 is 0 Å². The number of hydrogen-bond donors (Lipinski definition) is 0. The van der Waals surface area contributed by atoms with E-state index in [1.54, 1.807) is 38.1 Å². The number of ether oxygens (including phenoxy) is 1. The van der Waals surface area contributed by atoms with Gasteiger partial charge in [-0.1, -0.05) is 31.2 Å². The predicted molar refractivity (Wildman–Crippen MR) is 130 cm³/mol. The monoisotopic (exact) mass is 495 g/mol. The largest absolute Gasteiger partial charge is 0.451 e. The lowest BCUT2D eigenvalue weighted by molar-refractivity contribution is -0.135. The minimum absolute atomic E-state index is 0.0127. The second-order valence-corrected chi connectivity index (χ2v) is 9.06. The number of carbonyl (C=O) groups is 2. The van der Waals surface area contributed by atoms with E-state index in [-0.39, 0.29) is 29.7 Å². The second-order valence-electron chi connectivity index (χ2n) is 8.11. The summed E-state index contributed by atoms with van der Waals surface area (Å²) in [6.07, 6.45) is 0.692. The molecule has 0 aliphatic heterocycles. The van der Waals surface area contributed by atoms with Crippen LogP contribution in [-0.2, 0) is 16.1 Å². The summed E-state index contributed by atoms with van der Waals surface area (Å²) in [6.45, 7) is 5.57. The fourth-order valence-corrected chi connectivity index (χ4v) is 4.18. The third-order valence-electron chi connectivity index (χ3n) is 5.21. The van der Waals surface area contributed by atoms with E-state index in [1.165, 1.54) is 20.9 Å². The molecule has 0 fully saturated rings. The van der Waals surface area contributed by atoms with Gasteiger partial charge in [-0.3, -0.25) is 9.59 Å². The van der Waals surface area contributed by atoms with Crippen LogP contribution in [0.25, 0.3) is 21.5 Å². The first-order valence-electron chi connectivity index (χ1n) is 11.2. The number of esters is 1. The molecule has 182 valence electrons. The maximum absolute atomic E-state index is 12.9. The van der Waals surface area contributed by atoms with Crippen LogP contribution in [0.4, 0.5) is 0 Å². The van der Waals surface area contributed by atoms with E-state index in [2.05, 4.69) is 15.3 Å². The summed E-state index contributed by atoms with van der Waals surface area (Å²) in [6, 6.07) is 10.2. The van der Waals surface area contributed by atoms with Gasteiger partial charge in [0.15, 0.2) is 12.3 Å². The number of fused-ring (bicyclic) bond motifs is 1. The van der Waals surface area contributed by atoms with Crippen LogP contribution in [0, 0.1) is 0 Å². The highest BCUT2D eigenvalue weighted by Gasteiger charge is 2.23. The van der Waals surface area contributed by atoms with Crippen molar-refractivity contribution in [1.29, 1.82) is 0 Å². The Morgan fingerprint density at radius 1 is 1.14 bits per heavy atom. The molecule has 3 aromatic heterocycles. The van der Waals surface area contributed by atoms with Gasteiger partial charge < -0.3 is 14.1 Å². The summed E-state index contributed by atoms with van der Waals surface area (Å²) < 4.78 is 12.3. The van der Waals surface area contributed by atoms with Gasteiger partial charge in [0.05, 0.1) is 22.8 Å². The topological polar surface area (TPSA) is 120 Å². The molecule has 4 rings (SSSR count). The van der Waals surface area contributed by atoms with Crippen LogP contribution in [0.1, 0.15) is 49.6 Å². The molecule has 0 atom stereocenters. The van der Waals surface area contributed by atoms with E-state index in [4.69, 9.17) is 9.15 Å². The van der Waals surface area contributed by atoms with Gasteiger partial charge in [0.1, 0.15) is 0 Å². The number of carbonyl (C=O) groups excluding carboxylic acids is 2. The molecule has 10 nitrogen and oxygen atoms in total. The predicted octanol–water partition coefficient (Wildman–Crippen LogP) is 3.68. The van der Waals surface area contributed by atoms with Crippen LogP contribution >= 0.6 is 11.3 Å². The molecule has 1 aromatic carbocycles. The summed E-state index contributed by atoms with van der Waals surface area (Å²) in [4.78, 5) is 40.8. The normalized spacial score (nSPS) is 11.2. The van der Waals surface area contributed by atoms with E-state index in [9.17, 15) is 14.4 Å². The Bertz CT molecular complexity index is 1390. The first-order valence-corrected chi connectivity index (χ1v) is 12.1. The van der Waals surface area contributed by atoms with Gasteiger partial charge in [-0.15, -0.1) is 21.5 Å². The van der Waals surface area contributed by atoms with Gasteiger partial charge in [-0.2, -0.15) is 5.10 Å². The van der Waals surface area contributed by atoms with Crippen molar-refractivity contribution in [3.8, 4) is 10.8 Å². The van der Waals surface area contributed by atoms with Gasteiger partial charge in [0.25, 0.3) is 17.4 Å². The molecule has 0 unspecified atom stereocenters. The first kappa shape index (κ1) is 24.3. The standard InChI is InChI=1S/C24H25N5O5S/c1-4-11-28(13-19-25-26-22(34-19)18-10-7-12-35-18)20(30)14-33-24(32)21-16-8-5-6-9-17(16)23(31)29(27-21)15(2)3/h5-10,12,15H,4,11,13-14H2,1-3H3. The molecular weight excluding hydrogens is 470 g/mol. The molecule has 0 saturated carbocycles. The molecule has 4 aromatic rings. The summed E-state index contributed by atoms with van der Waals surface area (Å²) in [5, 5.41) is 14.9. The molecule has 1 amide bonds. The zero-order valence-electron chi connectivity index (χ0n) is 19.6. The smallest absolute Gasteiger partial charge is 0.359 e. The average Bonchev–Trinajstić information content (AvgIpc) is 3.54. The third kappa shape index (κ3) is 5.29. The number of benzene rings is 1. The lowest BCUT2D eigenvalue weighted by Gasteiger charge is -2.20. The Hall–Kier alpha value is -3.86. The Morgan fingerprint density at radius 3 is 2.60 bits per heavy atom. The number of rotatable bonds is 9. The maximum atomic E-state index is 12.9. The minimum Gasteiger partial charge on any atom is -0.451 e. The van der Waals surface area contributed by atoms with Crippen molar-refractivity contribution in [2.24, 2.45) is 0 Å². The highest BCUT2D eigenvalue weighted by Crippen LogP contribution is 2.23. The Labute approximate surface area is 205 Å². The van der Waals surface area contributed by atoms with Crippen molar-refractivity contribution in [2.45, 2.75) is 39.8 Å². The molecule has 0 bridgehead atoms. The molecule has 11 heteroatoms. The molecular formula is C24H25N5O5S. The van der Waals surface area contributed by atoms with E-state index in [0.717, 1.165) is 4.88 Å². The minimum atomic E-state index is -0.779. The van der Waals surface area contributed by atoms with Gasteiger partial charge in [0.2, 0.25) is 5.89 Å². The lowest BCUT2D eigenvalue weighted by atomic mass is 10.1. The molecule has 0 spiro atoms. The summed E-state index contributed by atoms with van der Waals surface area (Å²) in [7, 11) is 0. The van der Waals surface area contributed by atoms with Crippen LogP contribution in [0.2, 0.25) is 0 Å².